The van der Waals surface area contributed by atoms with Gasteiger partial charge in [0.25, 0.3) is 5.91 Å². The van der Waals surface area contributed by atoms with Crippen LogP contribution >= 0.6 is 0 Å². The third kappa shape index (κ3) is 3.33. The van der Waals surface area contributed by atoms with Crippen LogP contribution in [0.4, 0.5) is 5.69 Å². The van der Waals surface area contributed by atoms with Crippen molar-refractivity contribution in [1.82, 2.24) is 4.98 Å². The maximum Gasteiger partial charge on any atom is 0.265 e. The summed E-state index contributed by atoms with van der Waals surface area (Å²) in [6.07, 6.45) is -0.662. The van der Waals surface area contributed by atoms with E-state index >= 15 is 0 Å². The molecular formula is C23H20N2O4. The van der Waals surface area contributed by atoms with Gasteiger partial charge in [-0.2, -0.15) is 0 Å². The Hall–Kier alpha value is -3.67. The highest BCUT2D eigenvalue weighted by molar-refractivity contribution is 6.07. The van der Waals surface area contributed by atoms with Crippen molar-refractivity contribution < 1.29 is 19.0 Å². The summed E-state index contributed by atoms with van der Waals surface area (Å²) in [7, 11) is 0. The minimum Gasteiger partial charge on any atom is -0.486 e. The Bertz CT molecular complexity index is 1210. The zero-order chi connectivity index (χ0) is 19.8. The highest BCUT2D eigenvalue weighted by Crippen LogP contribution is 2.33. The van der Waals surface area contributed by atoms with Crippen LogP contribution in [0.5, 0.6) is 17.2 Å². The van der Waals surface area contributed by atoms with Gasteiger partial charge in [0.1, 0.15) is 19.0 Å². The van der Waals surface area contributed by atoms with Crippen molar-refractivity contribution in [2.75, 3.05) is 18.5 Å². The Morgan fingerprint density at radius 1 is 0.966 bits per heavy atom. The largest absolute Gasteiger partial charge is 0.486 e. The molecule has 146 valence electrons. The average molecular weight is 388 g/mol. The molecule has 0 spiro atoms. The van der Waals surface area contributed by atoms with E-state index in [2.05, 4.69) is 16.4 Å². The lowest BCUT2D eigenvalue weighted by atomic mass is 10.1. The third-order valence-corrected chi connectivity index (χ3v) is 4.97. The average Bonchev–Trinajstić information content (AvgIpc) is 3.11. The smallest absolute Gasteiger partial charge is 0.265 e. The number of aromatic amines is 1. The standard InChI is InChI=1S/C23H20N2O4/c1-14(23(26)24-15-6-9-21-22(12-15)28-11-10-27-21)29-16-7-8-18-17-4-2-3-5-19(17)25-20(18)13-16/h2-9,12-14,25H,10-11H2,1H3,(H,24,26)/t14-/m1/s1. The molecule has 0 saturated heterocycles. The SMILES string of the molecule is C[C@@H](Oc1ccc2c(c1)[nH]c1ccccc12)C(=O)Nc1ccc2c(c1)OCCO2. The molecule has 3 aromatic carbocycles. The van der Waals surface area contributed by atoms with Crippen molar-refractivity contribution in [3.05, 3.63) is 60.7 Å². The number of carbonyl (C=O) groups is 1. The number of fused-ring (bicyclic) bond motifs is 4. The van der Waals surface area contributed by atoms with Crippen molar-refractivity contribution in [3.63, 3.8) is 0 Å². The number of amides is 1. The molecule has 0 fully saturated rings. The number of H-pyrrole nitrogens is 1. The van der Waals surface area contributed by atoms with E-state index in [0.29, 0.717) is 36.1 Å². The lowest BCUT2D eigenvalue weighted by Crippen LogP contribution is -2.30. The molecule has 6 nitrogen and oxygen atoms in total. The van der Waals surface area contributed by atoms with Gasteiger partial charge in [-0.05, 0) is 37.3 Å². The van der Waals surface area contributed by atoms with Crippen molar-refractivity contribution in [2.24, 2.45) is 0 Å². The Labute approximate surface area is 167 Å². The highest BCUT2D eigenvalue weighted by atomic mass is 16.6. The van der Waals surface area contributed by atoms with E-state index in [1.807, 2.05) is 36.4 Å². The fourth-order valence-electron chi connectivity index (χ4n) is 3.53. The molecule has 6 heteroatoms. The molecule has 0 saturated carbocycles. The van der Waals surface area contributed by atoms with Crippen molar-refractivity contribution >= 4 is 33.4 Å². The minimum atomic E-state index is -0.662. The number of aromatic nitrogens is 1. The molecule has 0 radical (unpaired) electrons. The first-order valence-electron chi connectivity index (χ1n) is 9.55. The van der Waals surface area contributed by atoms with Crippen LogP contribution in [-0.4, -0.2) is 30.2 Å². The fourth-order valence-corrected chi connectivity index (χ4v) is 3.53. The Morgan fingerprint density at radius 2 is 1.76 bits per heavy atom. The normalized spacial score (nSPS) is 14.0. The summed E-state index contributed by atoms with van der Waals surface area (Å²) in [5.74, 6) is 1.71. The first-order chi connectivity index (χ1) is 14.2. The van der Waals surface area contributed by atoms with Crippen LogP contribution in [0.3, 0.4) is 0 Å². The lowest BCUT2D eigenvalue weighted by Gasteiger charge is -2.19. The summed E-state index contributed by atoms with van der Waals surface area (Å²) in [6.45, 7) is 2.76. The van der Waals surface area contributed by atoms with Gasteiger partial charge in [0.05, 0.1) is 5.52 Å². The molecule has 1 aromatic heterocycles. The Morgan fingerprint density at radius 3 is 2.66 bits per heavy atom. The van der Waals surface area contributed by atoms with Gasteiger partial charge in [0.15, 0.2) is 17.6 Å². The van der Waals surface area contributed by atoms with E-state index in [0.717, 1.165) is 16.4 Å². The molecule has 1 aliphatic rings. The number of rotatable bonds is 4. The molecule has 2 N–H and O–H groups in total. The molecule has 1 atom stereocenters. The van der Waals surface area contributed by atoms with E-state index < -0.39 is 6.10 Å². The summed E-state index contributed by atoms with van der Waals surface area (Å²) < 4.78 is 16.9. The van der Waals surface area contributed by atoms with Crippen LogP contribution in [0.2, 0.25) is 0 Å². The molecular weight excluding hydrogens is 368 g/mol. The number of ether oxygens (including phenoxy) is 3. The van der Waals surface area contributed by atoms with Gasteiger partial charge in [0, 0.05) is 34.1 Å². The molecule has 0 aliphatic carbocycles. The van der Waals surface area contributed by atoms with Crippen LogP contribution in [0, 0.1) is 0 Å². The number of anilines is 1. The Balaban J connectivity index is 1.31. The predicted octanol–water partition coefficient (Wildman–Crippen LogP) is 4.50. The molecule has 5 rings (SSSR count). The molecule has 29 heavy (non-hydrogen) atoms. The minimum absolute atomic E-state index is 0.238. The Kier molecular flexibility index (Phi) is 4.24. The summed E-state index contributed by atoms with van der Waals surface area (Å²) in [6, 6.07) is 19.3. The van der Waals surface area contributed by atoms with E-state index in [9.17, 15) is 4.79 Å². The molecule has 2 heterocycles. The van der Waals surface area contributed by atoms with Crippen molar-refractivity contribution in [1.29, 1.82) is 0 Å². The van der Waals surface area contributed by atoms with E-state index in [1.165, 1.54) is 5.39 Å². The first kappa shape index (κ1) is 17.4. The van der Waals surface area contributed by atoms with Crippen LogP contribution in [0.1, 0.15) is 6.92 Å². The molecule has 0 unspecified atom stereocenters. The number of benzene rings is 3. The number of hydrogen-bond donors (Lipinski definition) is 2. The topological polar surface area (TPSA) is 72.6 Å². The predicted molar refractivity (Wildman–Crippen MR) is 112 cm³/mol. The van der Waals surface area contributed by atoms with Gasteiger partial charge in [-0.3, -0.25) is 4.79 Å². The van der Waals surface area contributed by atoms with Gasteiger partial charge in [-0.15, -0.1) is 0 Å². The summed E-state index contributed by atoms with van der Waals surface area (Å²) >= 11 is 0. The van der Waals surface area contributed by atoms with Gasteiger partial charge < -0.3 is 24.5 Å². The fraction of sp³-hybridized carbons (Fsp3) is 0.174. The van der Waals surface area contributed by atoms with Gasteiger partial charge >= 0.3 is 0 Å². The lowest BCUT2D eigenvalue weighted by molar-refractivity contribution is -0.122. The summed E-state index contributed by atoms with van der Waals surface area (Å²) in [5, 5.41) is 5.15. The number of nitrogens with one attached hydrogen (secondary N) is 2. The van der Waals surface area contributed by atoms with E-state index in [1.54, 1.807) is 25.1 Å². The molecule has 1 amide bonds. The van der Waals surface area contributed by atoms with E-state index in [-0.39, 0.29) is 5.91 Å². The number of hydrogen-bond acceptors (Lipinski definition) is 4. The van der Waals surface area contributed by atoms with Crippen LogP contribution in [0.25, 0.3) is 21.8 Å². The zero-order valence-electron chi connectivity index (χ0n) is 15.9. The van der Waals surface area contributed by atoms with Gasteiger partial charge in [-0.25, -0.2) is 0 Å². The van der Waals surface area contributed by atoms with Crippen molar-refractivity contribution in [3.8, 4) is 17.2 Å². The quantitative estimate of drug-likeness (QED) is 0.540. The second kappa shape index (κ2) is 7.05. The summed E-state index contributed by atoms with van der Waals surface area (Å²) in [5.41, 5.74) is 2.69. The second-order valence-corrected chi connectivity index (χ2v) is 6.99. The van der Waals surface area contributed by atoms with E-state index in [4.69, 9.17) is 14.2 Å². The highest BCUT2D eigenvalue weighted by Gasteiger charge is 2.18. The molecule has 0 bridgehead atoms. The van der Waals surface area contributed by atoms with Gasteiger partial charge in [0.2, 0.25) is 0 Å². The molecule has 1 aliphatic heterocycles. The maximum atomic E-state index is 12.6. The number of para-hydroxylation sites is 1. The first-order valence-corrected chi connectivity index (χ1v) is 9.55. The second-order valence-electron chi connectivity index (χ2n) is 6.99. The third-order valence-electron chi connectivity index (χ3n) is 4.97. The summed E-state index contributed by atoms with van der Waals surface area (Å²) in [4.78, 5) is 16.0. The van der Waals surface area contributed by atoms with Gasteiger partial charge in [-0.1, -0.05) is 18.2 Å². The molecule has 4 aromatic rings. The van der Waals surface area contributed by atoms with Crippen LogP contribution in [-0.2, 0) is 4.79 Å². The maximum absolute atomic E-state index is 12.6. The van der Waals surface area contributed by atoms with Crippen LogP contribution < -0.4 is 19.5 Å². The number of carbonyl (C=O) groups excluding carboxylic acids is 1. The zero-order valence-corrected chi connectivity index (χ0v) is 15.9. The van der Waals surface area contributed by atoms with Crippen molar-refractivity contribution in [2.45, 2.75) is 13.0 Å². The van der Waals surface area contributed by atoms with Crippen LogP contribution in [0.15, 0.2) is 60.7 Å². The monoisotopic (exact) mass is 388 g/mol.